The second kappa shape index (κ2) is 6.52. The number of rotatable bonds is 2. The van der Waals surface area contributed by atoms with Gasteiger partial charge in [-0.25, -0.2) is 9.07 Å². The Kier molecular flexibility index (Phi) is 4.44. The molecule has 0 radical (unpaired) electrons. The van der Waals surface area contributed by atoms with Crippen molar-refractivity contribution < 1.29 is 9.18 Å². The van der Waals surface area contributed by atoms with Gasteiger partial charge in [-0.2, -0.15) is 5.10 Å². The van der Waals surface area contributed by atoms with Gasteiger partial charge in [0.15, 0.2) is 5.69 Å². The van der Waals surface area contributed by atoms with Gasteiger partial charge in [-0.3, -0.25) is 9.59 Å². The third-order valence-corrected chi connectivity index (χ3v) is 4.15. The Morgan fingerprint density at radius 3 is 2.83 bits per heavy atom. The van der Waals surface area contributed by atoms with Crippen molar-refractivity contribution in [1.29, 1.82) is 0 Å². The van der Waals surface area contributed by atoms with Gasteiger partial charge in [0, 0.05) is 37.4 Å². The molecule has 0 unspecified atom stereocenters. The molecule has 1 N–H and O–H groups in total. The van der Waals surface area contributed by atoms with E-state index in [1.165, 1.54) is 16.8 Å². The van der Waals surface area contributed by atoms with E-state index in [4.69, 9.17) is 0 Å². The Morgan fingerprint density at radius 2 is 2.12 bits per heavy atom. The minimum Gasteiger partial charge on any atom is -0.332 e. The summed E-state index contributed by atoms with van der Waals surface area (Å²) in [6.45, 7) is 5.41. The van der Waals surface area contributed by atoms with Gasteiger partial charge in [0.2, 0.25) is 5.43 Å². The number of halogens is 1. The number of benzene rings is 1. The van der Waals surface area contributed by atoms with Crippen LogP contribution in [0.15, 0.2) is 35.1 Å². The van der Waals surface area contributed by atoms with Gasteiger partial charge in [0.05, 0.1) is 0 Å². The van der Waals surface area contributed by atoms with E-state index in [0.717, 1.165) is 0 Å². The van der Waals surface area contributed by atoms with Crippen LogP contribution in [0.2, 0.25) is 0 Å². The van der Waals surface area contributed by atoms with Crippen molar-refractivity contribution in [3.05, 3.63) is 57.8 Å². The highest BCUT2D eigenvalue weighted by molar-refractivity contribution is 5.92. The molecule has 0 saturated carbocycles. The average Bonchev–Trinajstić information content (AvgIpc) is 2.56. The first-order chi connectivity index (χ1) is 11.5. The van der Waals surface area contributed by atoms with Crippen molar-refractivity contribution >= 4 is 5.91 Å². The Labute approximate surface area is 138 Å². The van der Waals surface area contributed by atoms with Crippen molar-refractivity contribution in [2.24, 2.45) is 0 Å². The Morgan fingerprint density at radius 1 is 1.38 bits per heavy atom. The number of carbonyl (C=O) groups is 1. The van der Waals surface area contributed by atoms with Crippen LogP contribution >= 0.6 is 0 Å². The maximum absolute atomic E-state index is 14.1. The third-order valence-electron chi connectivity index (χ3n) is 4.15. The molecule has 1 aliphatic heterocycles. The number of nitrogens with one attached hydrogen (secondary N) is 1. The van der Waals surface area contributed by atoms with Gasteiger partial charge in [-0.15, -0.1) is 0 Å². The van der Waals surface area contributed by atoms with Crippen molar-refractivity contribution in [3.63, 3.8) is 0 Å². The predicted molar refractivity (Wildman–Crippen MR) is 87.9 cm³/mol. The Balaban J connectivity index is 2.06. The summed E-state index contributed by atoms with van der Waals surface area (Å²) in [5.74, 6) is -0.884. The fourth-order valence-corrected chi connectivity index (χ4v) is 2.84. The summed E-state index contributed by atoms with van der Waals surface area (Å²) >= 11 is 0. The summed E-state index contributed by atoms with van der Waals surface area (Å²) in [7, 11) is 0. The van der Waals surface area contributed by atoms with E-state index in [1.807, 2.05) is 6.92 Å². The van der Waals surface area contributed by atoms with Crippen LogP contribution in [0.4, 0.5) is 4.39 Å². The summed E-state index contributed by atoms with van der Waals surface area (Å²) in [5.41, 5.74) is 0.0424. The lowest BCUT2D eigenvalue weighted by atomic mass is 10.2. The molecule has 0 aliphatic carbocycles. The Bertz CT molecular complexity index is 834. The zero-order chi connectivity index (χ0) is 17.3. The van der Waals surface area contributed by atoms with Gasteiger partial charge in [0.1, 0.15) is 11.5 Å². The molecule has 1 atom stereocenters. The lowest BCUT2D eigenvalue weighted by Crippen LogP contribution is -2.53. The average molecular weight is 330 g/mol. The standard InChI is InChI=1S/C17H19FN4O2/c1-11-9-15(23)16(17(24)21-8-7-19-10-12(21)2)20-22(11)14-6-4-3-5-13(14)18/h3-6,9,12,19H,7-8,10H2,1-2H3/t12-/m0/s1. The molecular weight excluding hydrogens is 311 g/mol. The minimum absolute atomic E-state index is 0.0318. The molecule has 1 amide bonds. The number of aryl methyl sites for hydroxylation is 1. The number of hydrogen-bond acceptors (Lipinski definition) is 4. The summed E-state index contributed by atoms with van der Waals surface area (Å²) in [4.78, 5) is 26.6. The van der Waals surface area contributed by atoms with Crippen LogP contribution in [0.1, 0.15) is 23.1 Å². The monoisotopic (exact) mass is 330 g/mol. The molecule has 1 aromatic heterocycles. The molecule has 7 heteroatoms. The first kappa shape index (κ1) is 16.3. The number of aromatic nitrogens is 2. The van der Waals surface area contributed by atoms with E-state index in [0.29, 0.717) is 25.3 Å². The quantitative estimate of drug-likeness (QED) is 0.896. The Hall–Kier alpha value is -2.54. The minimum atomic E-state index is -0.467. The SMILES string of the molecule is Cc1cc(=O)c(C(=O)N2CCNC[C@@H]2C)nn1-c1ccccc1F. The van der Waals surface area contributed by atoms with Crippen LogP contribution in [0.5, 0.6) is 0 Å². The molecule has 0 bridgehead atoms. The fourth-order valence-electron chi connectivity index (χ4n) is 2.84. The van der Waals surface area contributed by atoms with E-state index in [-0.39, 0.29) is 17.4 Å². The maximum Gasteiger partial charge on any atom is 0.278 e. The molecule has 1 aliphatic rings. The summed E-state index contributed by atoms with van der Waals surface area (Å²) in [6.07, 6.45) is 0. The number of hydrogen-bond donors (Lipinski definition) is 1. The summed E-state index contributed by atoms with van der Waals surface area (Å²) in [6, 6.07) is 7.41. The number of amides is 1. The first-order valence-electron chi connectivity index (χ1n) is 7.86. The van der Waals surface area contributed by atoms with Crippen molar-refractivity contribution in [1.82, 2.24) is 20.0 Å². The molecule has 1 fully saturated rings. The summed E-state index contributed by atoms with van der Waals surface area (Å²) < 4.78 is 15.4. The smallest absolute Gasteiger partial charge is 0.278 e. The highest BCUT2D eigenvalue weighted by atomic mass is 19.1. The first-order valence-corrected chi connectivity index (χ1v) is 7.86. The van der Waals surface area contributed by atoms with Crippen molar-refractivity contribution in [2.45, 2.75) is 19.9 Å². The van der Waals surface area contributed by atoms with Gasteiger partial charge >= 0.3 is 0 Å². The third kappa shape index (κ3) is 2.94. The van der Waals surface area contributed by atoms with Crippen molar-refractivity contribution in [2.75, 3.05) is 19.6 Å². The summed E-state index contributed by atoms with van der Waals surface area (Å²) in [5, 5.41) is 7.36. The van der Waals surface area contributed by atoms with Crippen LogP contribution in [0.25, 0.3) is 5.69 Å². The van der Waals surface area contributed by atoms with E-state index in [1.54, 1.807) is 30.0 Å². The van der Waals surface area contributed by atoms with Gasteiger partial charge in [-0.05, 0) is 26.0 Å². The fraction of sp³-hybridized carbons (Fsp3) is 0.353. The largest absolute Gasteiger partial charge is 0.332 e. The second-order valence-electron chi connectivity index (χ2n) is 5.91. The van der Waals surface area contributed by atoms with Crippen molar-refractivity contribution in [3.8, 4) is 5.69 Å². The van der Waals surface area contributed by atoms with Crippen LogP contribution in [0, 0.1) is 12.7 Å². The molecule has 0 spiro atoms. The molecule has 6 nitrogen and oxygen atoms in total. The molecule has 3 rings (SSSR count). The zero-order valence-corrected chi connectivity index (χ0v) is 13.6. The number of carbonyl (C=O) groups excluding carboxylic acids is 1. The number of para-hydroxylation sites is 1. The molecule has 1 saturated heterocycles. The van der Waals surface area contributed by atoms with Gasteiger partial charge < -0.3 is 10.2 Å². The lowest BCUT2D eigenvalue weighted by molar-refractivity contribution is 0.0646. The highest BCUT2D eigenvalue weighted by Gasteiger charge is 2.27. The zero-order valence-electron chi connectivity index (χ0n) is 13.6. The van der Waals surface area contributed by atoms with E-state index < -0.39 is 17.2 Å². The van der Waals surface area contributed by atoms with Crippen LogP contribution in [-0.4, -0.2) is 46.3 Å². The number of piperazine rings is 1. The normalized spacial score (nSPS) is 17.8. The molecule has 126 valence electrons. The molecule has 24 heavy (non-hydrogen) atoms. The van der Waals surface area contributed by atoms with Crippen LogP contribution < -0.4 is 10.7 Å². The molecule has 1 aromatic carbocycles. The topological polar surface area (TPSA) is 67.2 Å². The van der Waals surface area contributed by atoms with E-state index in [9.17, 15) is 14.0 Å². The van der Waals surface area contributed by atoms with Gasteiger partial charge in [-0.1, -0.05) is 12.1 Å². The van der Waals surface area contributed by atoms with E-state index in [2.05, 4.69) is 10.4 Å². The van der Waals surface area contributed by atoms with Gasteiger partial charge in [0.25, 0.3) is 5.91 Å². The highest BCUT2D eigenvalue weighted by Crippen LogP contribution is 2.14. The molecule has 2 aromatic rings. The van der Waals surface area contributed by atoms with E-state index >= 15 is 0 Å². The maximum atomic E-state index is 14.1. The van der Waals surface area contributed by atoms with Crippen LogP contribution in [-0.2, 0) is 0 Å². The molecular formula is C17H19FN4O2. The second-order valence-corrected chi connectivity index (χ2v) is 5.91. The predicted octanol–water partition coefficient (Wildman–Crippen LogP) is 1.11. The number of nitrogens with zero attached hydrogens (tertiary/aromatic N) is 3. The lowest BCUT2D eigenvalue weighted by Gasteiger charge is -2.33. The van der Waals surface area contributed by atoms with Crippen LogP contribution in [0.3, 0.4) is 0 Å². The molecule has 2 heterocycles.